The molecule has 1 amide bonds. The topological polar surface area (TPSA) is 66.8 Å². The second kappa shape index (κ2) is 7.34. The van der Waals surface area contributed by atoms with E-state index < -0.39 is 5.97 Å². The van der Waals surface area contributed by atoms with Crippen LogP contribution in [0.1, 0.15) is 42.4 Å². The predicted octanol–water partition coefficient (Wildman–Crippen LogP) is 2.20. The van der Waals surface area contributed by atoms with Gasteiger partial charge in [-0.1, -0.05) is 18.2 Å². The van der Waals surface area contributed by atoms with Gasteiger partial charge in [-0.25, -0.2) is 0 Å². The average Bonchev–Trinajstić information content (AvgIpc) is 2.97. The monoisotopic (exact) mass is 331 g/mol. The van der Waals surface area contributed by atoms with Crippen LogP contribution in [0.15, 0.2) is 18.2 Å². The Morgan fingerprint density at radius 1 is 1.25 bits per heavy atom. The molecule has 2 unspecified atom stereocenters. The minimum atomic E-state index is -0.872. The van der Waals surface area contributed by atoms with Gasteiger partial charge in [0.15, 0.2) is 0 Å². The number of carboxylic acids is 1. The highest BCUT2D eigenvalue weighted by molar-refractivity contribution is 5.80. The van der Waals surface area contributed by atoms with E-state index in [9.17, 15) is 9.59 Å². The molecule has 1 heterocycles. The summed E-state index contributed by atoms with van der Waals surface area (Å²) in [6.45, 7) is 0.484. The number of amides is 1. The van der Waals surface area contributed by atoms with Crippen LogP contribution in [0.4, 0.5) is 0 Å². The van der Waals surface area contributed by atoms with Gasteiger partial charge in [0.05, 0.1) is 18.9 Å². The van der Waals surface area contributed by atoms with Crippen LogP contribution in [-0.4, -0.2) is 47.7 Å². The van der Waals surface area contributed by atoms with Gasteiger partial charge in [-0.05, 0) is 48.8 Å². The number of hydrogen-bond donors (Lipinski definition) is 1. The molecular weight excluding hydrogens is 306 g/mol. The molecule has 1 N–H and O–H groups in total. The molecule has 0 saturated carbocycles. The fraction of sp³-hybridized carbons (Fsp3) is 0.579. The first-order valence-corrected chi connectivity index (χ1v) is 8.71. The van der Waals surface area contributed by atoms with Crippen molar-refractivity contribution in [3.63, 3.8) is 0 Å². The molecule has 5 nitrogen and oxygen atoms in total. The highest BCUT2D eigenvalue weighted by Crippen LogP contribution is 2.25. The summed E-state index contributed by atoms with van der Waals surface area (Å²) in [7, 11) is 1.61. The third-order valence-electron chi connectivity index (χ3n) is 5.21. The molecule has 3 rings (SSSR count). The molecule has 2 atom stereocenters. The number of likely N-dealkylation sites (tertiary alicyclic amines) is 1. The van der Waals surface area contributed by atoms with Gasteiger partial charge in [-0.15, -0.1) is 0 Å². The lowest BCUT2D eigenvalue weighted by Gasteiger charge is -2.24. The Labute approximate surface area is 142 Å². The number of hydrogen-bond acceptors (Lipinski definition) is 3. The third kappa shape index (κ3) is 3.78. The Bertz CT molecular complexity index is 628. The first kappa shape index (κ1) is 17.0. The number of aryl methyl sites for hydroxylation is 2. The maximum absolute atomic E-state index is 12.7. The van der Waals surface area contributed by atoms with Crippen molar-refractivity contribution in [1.82, 2.24) is 4.90 Å². The summed E-state index contributed by atoms with van der Waals surface area (Å²) in [5, 5.41) is 9.08. The van der Waals surface area contributed by atoms with Gasteiger partial charge in [0.1, 0.15) is 0 Å². The number of ether oxygens (including phenoxy) is 1. The van der Waals surface area contributed by atoms with Crippen LogP contribution in [0.2, 0.25) is 0 Å². The van der Waals surface area contributed by atoms with Crippen LogP contribution < -0.4 is 0 Å². The second-order valence-corrected chi connectivity index (χ2v) is 6.88. The highest BCUT2D eigenvalue weighted by Gasteiger charge is 2.36. The van der Waals surface area contributed by atoms with E-state index in [4.69, 9.17) is 9.84 Å². The summed E-state index contributed by atoms with van der Waals surface area (Å²) < 4.78 is 5.34. The van der Waals surface area contributed by atoms with Gasteiger partial charge in [0.25, 0.3) is 0 Å². The molecule has 1 aliphatic heterocycles. The summed E-state index contributed by atoms with van der Waals surface area (Å²) >= 11 is 0. The lowest BCUT2D eigenvalue weighted by Crippen LogP contribution is -2.38. The van der Waals surface area contributed by atoms with Crippen molar-refractivity contribution in [2.75, 3.05) is 13.7 Å². The number of nitrogens with zero attached hydrogens (tertiary/aromatic N) is 1. The smallest absolute Gasteiger partial charge is 0.305 e. The first-order chi connectivity index (χ1) is 11.6. The largest absolute Gasteiger partial charge is 0.481 e. The first-order valence-electron chi connectivity index (χ1n) is 8.71. The Morgan fingerprint density at radius 2 is 2.00 bits per heavy atom. The van der Waals surface area contributed by atoms with Crippen molar-refractivity contribution in [1.29, 1.82) is 0 Å². The Kier molecular flexibility index (Phi) is 5.19. The zero-order valence-electron chi connectivity index (χ0n) is 14.2. The van der Waals surface area contributed by atoms with Crippen LogP contribution in [0.5, 0.6) is 0 Å². The quantitative estimate of drug-likeness (QED) is 0.898. The number of carboxylic acid groups (broad SMARTS) is 1. The molecule has 0 radical (unpaired) electrons. The molecule has 1 saturated heterocycles. The van der Waals surface area contributed by atoms with Crippen molar-refractivity contribution < 1.29 is 19.4 Å². The summed E-state index contributed by atoms with van der Waals surface area (Å²) in [6.07, 6.45) is 5.53. The third-order valence-corrected chi connectivity index (χ3v) is 5.21. The maximum Gasteiger partial charge on any atom is 0.305 e. The number of aliphatic carboxylic acids is 1. The zero-order valence-corrected chi connectivity index (χ0v) is 14.2. The van der Waals surface area contributed by atoms with E-state index in [1.54, 1.807) is 12.0 Å². The van der Waals surface area contributed by atoms with Crippen molar-refractivity contribution >= 4 is 11.9 Å². The predicted molar refractivity (Wildman–Crippen MR) is 90.0 cm³/mol. The Balaban J connectivity index is 1.69. The van der Waals surface area contributed by atoms with Gasteiger partial charge in [0, 0.05) is 19.7 Å². The fourth-order valence-electron chi connectivity index (χ4n) is 3.92. The van der Waals surface area contributed by atoms with Gasteiger partial charge < -0.3 is 14.7 Å². The van der Waals surface area contributed by atoms with E-state index in [1.165, 1.54) is 24.0 Å². The number of methoxy groups -OCH3 is 1. The van der Waals surface area contributed by atoms with Crippen molar-refractivity contribution in [3.8, 4) is 0 Å². The van der Waals surface area contributed by atoms with E-state index >= 15 is 0 Å². The van der Waals surface area contributed by atoms with E-state index in [0.717, 1.165) is 18.4 Å². The second-order valence-electron chi connectivity index (χ2n) is 6.88. The highest BCUT2D eigenvalue weighted by atomic mass is 16.5. The fourth-order valence-corrected chi connectivity index (χ4v) is 3.92. The molecule has 0 bridgehead atoms. The van der Waals surface area contributed by atoms with Crippen LogP contribution in [-0.2, 0) is 33.6 Å². The summed E-state index contributed by atoms with van der Waals surface area (Å²) in [4.78, 5) is 25.5. The van der Waals surface area contributed by atoms with Gasteiger partial charge in [-0.3, -0.25) is 9.59 Å². The van der Waals surface area contributed by atoms with Crippen molar-refractivity contribution in [2.24, 2.45) is 0 Å². The Hall–Kier alpha value is -1.88. The number of carbonyl (C=O) groups is 2. The van der Waals surface area contributed by atoms with Crippen molar-refractivity contribution in [2.45, 2.75) is 57.1 Å². The summed E-state index contributed by atoms with van der Waals surface area (Å²) in [5.41, 5.74) is 3.79. The summed E-state index contributed by atoms with van der Waals surface area (Å²) in [5.74, 6) is -0.875. The molecule has 24 heavy (non-hydrogen) atoms. The molecule has 0 spiro atoms. The van der Waals surface area contributed by atoms with Crippen LogP contribution in [0.25, 0.3) is 0 Å². The van der Waals surface area contributed by atoms with Gasteiger partial charge >= 0.3 is 5.97 Å². The molecule has 130 valence electrons. The molecule has 1 aliphatic carbocycles. The molecule has 2 aliphatic rings. The normalized spacial score (nSPS) is 23.1. The number of benzene rings is 1. The molecule has 1 fully saturated rings. The number of rotatable bonds is 5. The molecule has 1 aromatic carbocycles. The molecule has 0 aromatic heterocycles. The minimum absolute atomic E-state index is 0.00319. The van der Waals surface area contributed by atoms with Crippen molar-refractivity contribution in [3.05, 3.63) is 34.9 Å². The molecule has 1 aromatic rings. The lowest BCUT2D eigenvalue weighted by molar-refractivity contribution is -0.139. The van der Waals surface area contributed by atoms with Gasteiger partial charge in [-0.2, -0.15) is 0 Å². The zero-order chi connectivity index (χ0) is 17.1. The number of fused-ring (bicyclic) bond motifs is 1. The van der Waals surface area contributed by atoms with E-state index in [2.05, 4.69) is 12.1 Å². The lowest BCUT2D eigenvalue weighted by atomic mass is 9.90. The Morgan fingerprint density at radius 3 is 2.71 bits per heavy atom. The van der Waals surface area contributed by atoms with E-state index in [-0.39, 0.29) is 24.5 Å². The van der Waals surface area contributed by atoms with Crippen LogP contribution in [0.3, 0.4) is 0 Å². The van der Waals surface area contributed by atoms with Crippen LogP contribution >= 0.6 is 0 Å². The maximum atomic E-state index is 12.7. The number of carbonyl (C=O) groups excluding carboxylic acids is 1. The van der Waals surface area contributed by atoms with E-state index in [0.29, 0.717) is 19.4 Å². The minimum Gasteiger partial charge on any atom is -0.481 e. The standard InChI is InChI=1S/C19H25NO4/c1-24-17-10-16(11-19(22)23)20(12-17)18(21)9-13-6-7-14-4-2-3-5-15(14)8-13/h6-8,16-17H,2-5,9-12H2,1H3,(H,22,23). The van der Waals surface area contributed by atoms with E-state index in [1.807, 2.05) is 6.07 Å². The SMILES string of the molecule is COC1CC(CC(=O)O)N(C(=O)Cc2ccc3c(c2)CCCC3)C1. The molecule has 5 heteroatoms. The van der Waals surface area contributed by atoms with Crippen LogP contribution in [0, 0.1) is 0 Å². The average molecular weight is 331 g/mol. The molecular formula is C19H25NO4. The van der Waals surface area contributed by atoms with Gasteiger partial charge in [0.2, 0.25) is 5.91 Å². The summed E-state index contributed by atoms with van der Waals surface area (Å²) in [6, 6.07) is 6.08.